The van der Waals surface area contributed by atoms with Gasteiger partial charge in [-0.1, -0.05) is 68.8 Å². The lowest BCUT2D eigenvalue weighted by molar-refractivity contribution is -0.143. The van der Waals surface area contributed by atoms with Gasteiger partial charge < -0.3 is 24.6 Å². The number of rotatable bonds is 16. The van der Waals surface area contributed by atoms with Crippen LogP contribution in [0, 0.1) is 0 Å². The zero-order valence-corrected chi connectivity index (χ0v) is 33.6. The number of hydrogen-bond donors (Lipinski definition) is 1. The van der Waals surface area contributed by atoms with Crippen molar-refractivity contribution in [2.75, 3.05) is 49.4 Å². The van der Waals surface area contributed by atoms with Gasteiger partial charge in [0, 0.05) is 62.3 Å². The number of carbonyl (C=O) groups is 2. The van der Waals surface area contributed by atoms with Crippen LogP contribution in [0.5, 0.6) is 5.75 Å². The maximum atomic E-state index is 13.9. The standard InChI is InChI=1S/C47H59N3O4/c1-9-53-44(52)24-11-10-16-33-49(7)36-27-29-37(30-28-36)54-45-34(25-31-42-46(2,3)39-21-13-15-23-41(39)50(42)8)18-17-19-35(45)26-32-43(51)47(4,5)38-20-12-14-22-40(38)48-6/h12-15,20-23,25-32,48H,9-11,16-19,24,33H2,1-8H3. The highest BCUT2D eigenvalue weighted by molar-refractivity contribution is 5.99. The third kappa shape index (κ3) is 9.18. The molecule has 7 nitrogen and oxygen atoms in total. The molecule has 1 N–H and O–H groups in total. The van der Waals surface area contributed by atoms with E-state index in [2.05, 4.69) is 91.6 Å². The zero-order chi connectivity index (χ0) is 38.9. The third-order valence-corrected chi connectivity index (χ3v) is 11.0. The van der Waals surface area contributed by atoms with E-state index in [9.17, 15) is 9.59 Å². The Morgan fingerprint density at radius 3 is 2.39 bits per heavy atom. The summed E-state index contributed by atoms with van der Waals surface area (Å²) in [4.78, 5) is 30.1. The summed E-state index contributed by atoms with van der Waals surface area (Å²) in [6.45, 7) is 11.7. The summed E-state index contributed by atoms with van der Waals surface area (Å²) in [6.07, 6.45) is 14.1. The summed E-state index contributed by atoms with van der Waals surface area (Å²) in [7, 11) is 6.12. The van der Waals surface area contributed by atoms with Gasteiger partial charge in [-0.15, -0.1) is 0 Å². The second-order valence-corrected chi connectivity index (χ2v) is 15.4. The highest BCUT2D eigenvalue weighted by Gasteiger charge is 2.38. The molecule has 54 heavy (non-hydrogen) atoms. The smallest absolute Gasteiger partial charge is 0.305 e. The molecule has 0 saturated carbocycles. The molecule has 0 spiro atoms. The van der Waals surface area contributed by atoms with Gasteiger partial charge >= 0.3 is 5.97 Å². The molecule has 0 amide bonds. The quantitative estimate of drug-likeness (QED) is 0.0894. The van der Waals surface area contributed by atoms with E-state index in [1.807, 2.05) is 70.3 Å². The molecule has 5 rings (SSSR count). The summed E-state index contributed by atoms with van der Waals surface area (Å²) in [5, 5.41) is 3.25. The Hall–Kier alpha value is -5.04. The number of benzene rings is 3. The van der Waals surface area contributed by atoms with Crippen LogP contribution < -0.4 is 19.9 Å². The number of anilines is 3. The highest BCUT2D eigenvalue weighted by Crippen LogP contribution is 2.47. The van der Waals surface area contributed by atoms with E-state index in [1.54, 1.807) is 6.08 Å². The second-order valence-electron chi connectivity index (χ2n) is 15.4. The third-order valence-electron chi connectivity index (χ3n) is 11.0. The van der Waals surface area contributed by atoms with E-state index in [1.165, 1.54) is 16.9 Å². The topological polar surface area (TPSA) is 71.1 Å². The molecule has 0 fully saturated rings. The lowest BCUT2D eigenvalue weighted by Gasteiger charge is -2.26. The molecule has 0 bridgehead atoms. The fraction of sp³-hybridized carbons (Fsp3) is 0.404. The molecule has 0 aromatic heterocycles. The van der Waals surface area contributed by atoms with Crippen molar-refractivity contribution in [3.63, 3.8) is 0 Å². The number of ether oxygens (including phenoxy) is 2. The lowest BCUT2D eigenvalue weighted by atomic mass is 9.79. The molecule has 2 aliphatic rings. The summed E-state index contributed by atoms with van der Waals surface area (Å²) in [5.74, 6) is 1.49. The Bertz CT molecular complexity index is 1910. The van der Waals surface area contributed by atoms with Crippen LogP contribution in [0.2, 0.25) is 0 Å². The molecule has 1 aliphatic heterocycles. The zero-order valence-electron chi connectivity index (χ0n) is 33.6. The molecular formula is C47H59N3O4. The van der Waals surface area contributed by atoms with Crippen molar-refractivity contribution in [1.29, 1.82) is 0 Å². The van der Waals surface area contributed by atoms with Gasteiger partial charge in [-0.05, 0) is 124 Å². The number of unbranched alkanes of at least 4 members (excludes halogenated alkanes) is 2. The number of para-hydroxylation sites is 2. The Labute approximate surface area is 323 Å². The molecule has 286 valence electrons. The van der Waals surface area contributed by atoms with Crippen molar-refractivity contribution in [3.8, 4) is 5.75 Å². The van der Waals surface area contributed by atoms with Gasteiger partial charge in [-0.3, -0.25) is 9.59 Å². The monoisotopic (exact) mass is 729 g/mol. The molecule has 1 heterocycles. The first kappa shape index (κ1) is 40.2. The first-order chi connectivity index (χ1) is 25.9. The number of fused-ring (bicyclic) bond motifs is 1. The van der Waals surface area contributed by atoms with E-state index < -0.39 is 5.41 Å². The van der Waals surface area contributed by atoms with Crippen LogP contribution in [0.15, 0.2) is 120 Å². The van der Waals surface area contributed by atoms with Crippen molar-refractivity contribution in [3.05, 3.63) is 131 Å². The Morgan fingerprint density at radius 1 is 0.944 bits per heavy atom. The average Bonchev–Trinajstić information content (AvgIpc) is 3.36. The SMILES string of the molecule is CCOC(=O)CCCCCN(C)c1ccc(OC2=C(C=CC(=O)C(C)(C)c3ccccc3NC)CCCC2=CC=C2N(C)c3ccccc3C2(C)C)cc1. The van der Waals surface area contributed by atoms with Gasteiger partial charge in [0.1, 0.15) is 11.5 Å². The molecule has 0 saturated heterocycles. The number of nitrogens with one attached hydrogen (secondary N) is 1. The minimum Gasteiger partial charge on any atom is -0.466 e. The second kappa shape index (κ2) is 17.9. The number of carbonyl (C=O) groups excluding carboxylic acids is 2. The number of likely N-dealkylation sites (N-methyl/N-ethyl adjacent to an activating group) is 1. The van der Waals surface area contributed by atoms with Gasteiger partial charge in [0.2, 0.25) is 0 Å². The minimum atomic E-state index is -0.716. The number of ketones is 1. The predicted octanol–water partition coefficient (Wildman–Crippen LogP) is 10.4. The summed E-state index contributed by atoms with van der Waals surface area (Å²) >= 11 is 0. The molecular weight excluding hydrogens is 671 g/mol. The van der Waals surface area contributed by atoms with Crippen LogP contribution in [0.25, 0.3) is 0 Å². The van der Waals surface area contributed by atoms with E-state index in [-0.39, 0.29) is 17.2 Å². The van der Waals surface area contributed by atoms with Gasteiger partial charge in [-0.25, -0.2) is 0 Å². The van der Waals surface area contributed by atoms with Gasteiger partial charge in [-0.2, -0.15) is 0 Å². The predicted molar refractivity (Wildman–Crippen MR) is 224 cm³/mol. The highest BCUT2D eigenvalue weighted by atomic mass is 16.5. The maximum Gasteiger partial charge on any atom is 0.305 e. The maximum absolute atomic E-state index is 13.9. The lowest BCUT2D eigenvalue weighted by Crippen LogP contribution is -2.28. The number of esters is 1. The molecule has 3 aromatic carbocycles. The molecule has 1 aliphatic carbocycles. The normalized spacial score (nSPS) is 16.9. The molecule has 3 aromatic rings. The van der Waals surface area contributed by atoms with Crippen LogP contribution in [0.3, 0.4) is 0 Å². The first-order valence-electron chi connectivity index (χ1n) is 19.5. The fourth-order valence-corrected chi connectivity index (χ4v) is 7.64. The van der Waals surface area contributed by atoms with Gasteiger partial charge in [0.05, 0.1) is 12.0 Å². The van der Waals surface area contributed by atoms with Crippen LogP contribution in [-0.2, 0) is 25.2 Å². The van der Waals surface area contributed by atoms with Crippen molar-refractivity contribution in [2.45, 2.75) is 90.4 Å². The van der Waals surface area contributed by atoms with Gasteiger partial charge in [0.15, 0.2) is 5.78 Å². The van der Waals surface area contributed by atoms with Gasteiger partial charge in [0.25, 0.3) is 0 Å². The minimum absolute atomic E-state index is 0.0376. The Morgan fingerprint density at radius 2 is 1.67 bits per heavy atom. The number of hydrogen-bond acceptors (Lipinski definition) is 7. The Kier molecular flexibility index (Phi) is 13.3. The summed E-state index contributed by atoms with van der Waals surface area (Å²) in [5.41, 5.74) is 8.07. The van der Waals surface area contributed by atoms with E-state index in [0.29, 0.717) is 13.0 Å². The number of nitrogens with zero attached hydrogens (tertiary/aromatic N) is 2. The molecule has 0 unspecified atom stereocenters. The number of allylic oxidation sites excluding steroid dienone is 7. The summed E-state index contributed by atoms with van der Waals surface area (Å²) in [6, 6.07) is 24.8. The van der Waals surface area contributed by atoms with Crippen molar-refractivity contribution in [2.24, 2.45) is 0 Å². The Balaban J connectivity index is 1.41. The van der Waals surface area contributed by atoms with E-state index in [4.69, 9.17) is 9.47 Å². The van der Waals surface area contributed by atoms with Crippen molar-refractivity contribution < 1.29 is 19.1 Å². The molecule has 7 heteroatoms. The van der Waals surface area contributed by atoms with Crippen molar-refractivity contribution >= 4 is 28.8 Å². The molecule has 0 radical (unpaired) electrons. The summed E-state index contributed by atoms with van der Waals surface area (Å²) < 4.78 is 11.8. The van der Waals surface area contributed by atoms with E-state index >= 15 is 0 Å². The fourth-order valence-electron chi connectivity index (χ4n) is 7.64. The van der Waals surface area contributed by atoms with E-state index in [0.717, 1.165) is 84.7 Å². The van der Waals surface area contributed by atoms with Crippen LogP contribution in [0.4, 0.5) is 17.1 Å². The average molecular weight is 730 g/mol. The van der Waals surface area contributed by atoms with Crippen LogP contribution >= 0.6 is 0 Å². The van der Waals surface area contributed by atoms with Crippen LogP contribution in [0.1, 0.15) is 90.7 Å². The van der Waals surface area contributed by atoms with Crippen molar-refractivity contribution in [1.82, 2.24) is 0 Å². The van der Waals surface area contributed by atoms with Crippen LogP contribution in [-0.4, -0.2) is 46.0 Å². The molecule has 0 atom stereocenters. The first-order valence-corrected chi connectivity index (χ1v) is 19.5. The largest absolute Gasteiger partial charge is 0.466 e.